The Morgan fingerprint density at radius 1 is 1.30 bits per heavy atom. The van der Waals surface area contributed by atoms with Crippen LogP contribution in [0, 0.1) is 6.92 Å². The van der Waals surface area contributed by atoms with Gasteiger partial charge >= 0.3 is 0 Å². The molecule has 27 heavy (non-hydrogen) atoms. The molecule has 0 bridgehead atoms. The van der Waals surface area contributed by atoms with E-state index in [0.29, 0.717) is 13.1 Å². The molecule has 1 aliphatic heterocycles. The summed E-state index contributed by atoms with van der Waals surface area (Å²) in [6.45, 7) is 2.94. The Kier molecular flexibility index (Phi) is 5.25. The van der Waals surface area contributed by atoms with Crippen molar-refractivity contribution in [2.24, 2.45) is 7.05 Å². The van der Waals surface area contributed by atoms with Gasteiger partial charge in [-0.25, -0.2) is 8.42 Å². The molecule has 1 aromatic carbocycles. The first-order valence-corrected chi connectivity index (χ1v) is 10.1. The second-order valence-corrected chi connectivity index (χ2v) is 8.66. The second-order valence-electron chi connectivity index (χ2n) is 6.69. The van der Waals surface area contributed by atoms with E-state index in [0.717, 1.165) is 16.3 Å². The van der Waals surface area contributed by atoms with Crippen LogP contribution in [-0.4, -0.2) is 62.4 Å². The number of aromatic nitrogens is 2. The van der Waals surface area contributed by atoms with E-state index in [2.05, 4.69) is 5.10 Å². The third-order valence-electron chi connectivity index (χ3n) is 4.88. The van der Waals surface area contributed by atoms with Crippen molar-refractivity contribution in [3.63, 3.8) is 0 Å². The molecule has 3 rings (SSSR count). The summed E-state index contributed by atoms with van der Waals surface area (Å²) < 4.78 is 33.9. The van der Waals surface area contributed by atoms with E-state index >= 15 is 0 Å². The first-order chi connectivity index (χ1) is 12.8. The van der Waals surface area contributed by atoms with E-state index in [1.807, 2.05) is 6.92 Å². The van der Waals surface area contributed by atoms with Crippen molar-refractivity contribution in [3.8, 4) is 0 Å². The summed E-state index contributed by atoms with van der Waals surface area (Å²) in [5, 5.41) is 4.12. The summed E-state index contributed by atoms with van der Waals surface area (Å²) in [6.07, 6.45) is 2.18. The van der Waals surface area contributed by atoms with Gasteiger partial charge in [0.05, 0.1) is 17.2 Å². The third-order valence-corrected chi connectivity index (χ3v) is 6.64. The number of amides is 1. The van der Waals surface area contributed by atoms with Crippen LogP contribution in [0.5, 0.6) is 0 Å². The Hall–Kier alpha value is -2.39. The Labute approximate surface area is 159 Å². The monoisotopic (exact) mass is 392 g/mol. The van der Waals surface area contributed by atoms with Gasteiger partial charge in [0.25, 0.3) is 15.9 Å². The number of carbonyl (C=O) groups excluding carboxylic acids is 1. The molecule has 0 spiro atoms. The minimum Gasteiger partial charge on any atom is -0.380 e. The molecular weight excluding hydrogens is 368 g/mol. The van der Waals surface area contributed by atoms with Crippen LogP contribution in [0.15, 0.2) is 35.4 Å². The van der Waals surface area contributed by atoms with E-state index in [1.54, 1.807) is 43.3 Å². The Balaban J connectivity index is 1.94. The van der Waals surface area contributed by atoms with Crippen molar-refractivity contribution in [2.75, 3.05) is 31.6 Å². The molecule has 1 amide bonds. The van der Waals surface area contributed by atoms with Crippen molar-refractivity contribution < 1.29 is 17.9 Å². The molecule has 0 N–H and O–H groups in total. The molecule has 2 aromatic rings. The SMILES string of the molecule is COC1CCN(C(=O)c2cnn(C)c2N(C)S(=O)(=O)c2ccc(C)cc2)C1. The van der Waals surface area contributed by atoms with Gasteiger partial charge in [0, 0.05) is 34.3 Å². The summed E-state index contributed by atoms with van der Waals surface area (Å²) in [4.78, 5) is 14.8. The van der Waals surface area contributed by atoms with Crippen LogP contribution in [0.25, 0.3) is 0 Å². The Morgan fingerprint density at radius 3 is 2.56 bits per heavy atom. The molecular formula is C18H24N4O4S. The van der Waals surface area contributed by atoms with E-state index in [-0.39, 0.29) is 28.3 Å². The maximum atomic E-state index is 13.0. The quantitative estimate of drug-likeness (QED) is 0.768. The molecule has 1 aliphatic rings. The molecule has 1 saturated heterocycles. The van der Waals surface area contributed by atoms with Crippen LogP contribution in [0.1, 0.15) is 22.3 Å². The Morgan fingerprint density at radius 2 is 1.96 bits per heavy atom. The number of anilines is 1. The number of ether oxygens (including phenoxy) is 1. The number of hydrogen-bond donors (Lipinski definition) is 0. The average Bonchev–Trinajstić information content (AvgIpc) is 3.27. The van der Waals surface area contributed by atoms with Gasteiger partial charge in [-0.2, -0.15) is 5.10 Å². The molecule has 1 unspecified atom stereocenters. The lowest BCUT2D eigenvalue weighted by molar-refractivity contribution is 0.0725. The van der Waals surface area contributed by atoms with Crippen LogP contribution >= 0.6 is 0 Å². The summed E-state index contributed by atoms with van der Waals surface area (Å²) >= 11 is 0. The first-order valence-electron chi connectivity index (χ1n) is 8.65. The number of rotatable bonds is 5. The highest BCUT2D eigenvalue weighted by Crippen LogP contribution is 2.27. The van der Waals surface area contributed by atoms with Gasteiger partial charge in [0.2, 0.25) is 0 Å². The van der Waals surface area contributed by atoms with Crippen molar-refractivity contribution in [1.82, 2.24) is 14.7 Å². The lowest BCUT2D eigenvalue weighted by Crippen LogP contribution is -2.33. The summed E-state index contributed by atoms with van der Waals surface area (Å²) in [6, 6.07) is 6.60. The van der Waals surface area contributed by atoms with Crippen LogP contribution in [0.4, 0.5) is 5.82 Å². The summed E-state index contributed by atoms with van der Waals surface area (Å²) in [7, 11) is 0.858. The predicted molar refractivity (Wildman–Crippen MR) is 101 cm³/mol. The van der Waals surface area contributed by atoms with Crippen LogP contribution in [0.2, 0.25) is 0 Å². The number of hydrogen-bond acceptors (Lipinski definition) is 5. The fourth-order valence-electron chi connectivity index (χ4n) is 3.21. The van der Waals surface area contributed by atoms with Crippen molar-refractivity contribution in [3.05, 3.63) is 41.6 Å². The van der Waals surface area contributed by atoms with Crippen LogP contribution in [-0.2, 0) is 21.8 Å². The van der Waals surface area contributed by atoms with Crippen LogP contribution in [0.3, 0.4) is 0 Å². The van der Waals surface area contributed by atoms with E-state index in [1.165, 1.54) is 17.9 Å². The summed E-state index contributed by atoms with van der Waals surface area (Å²) in [5.74, 6) is -0.00921. The van der Waals surface area contributed by atoms with E-state index in [9.17, 15) is 13.2 Å². The van der Waals surface area contributed by atoms with Gasteiger partial charge in [0.1, 0.15) is 5.56 Å². The third kappa shape index (κ3) is 3.57. The zero-order valence-corrected chi connectivity index (χ0v) is 16.7. The molecule has 0 aliphatic carbocycles. The first kappa shape index (κ1) is 19.4. The van der Waals surface area contributed by atoms with Gasteiger partial charge < -0.3 is 9.64 Å². The lowest BCUT2D eigenvalue weighted by atomic mass is 10.2. The molecule has 8 nitrogen and oxygen atoms in total. The molecule has 146 valence electrons. The minimum absolute atomic E-state index is 0.00286. The highest BCUT2D eigenvalue weighted by atomic mass is 32.2. The number of benzene rings is 1. The van der Waals surface area contributed by atoms with Gasteiger partial charge in [-0.1, -0.05) is 17.7 Å². The maximum absolute atomic E-state index is 13.0. The molecule has 1 fully saturated rings. The number of aryl methyl sites for hydroxylation is 2. The van der Waals surface area contributed by atoms with Gasteiger partial charge in [-0.15, -0.1) is 0 Å². The number of methoxy groups -OCH3 is 1. The highest BCUT2D eigenvalue weighted by molar-refractivity contribution is 7.92. The topological polar surface area (TPSA) is 84.7 Å². The molecule has 9 heteroatoms. The lowest BCUT2D eigenvalue weighted by Gasteiger charge is -2.22. The second kappa shape index (κ2) is 7.32. The zero-order chi connectivity index (χ0) is 19.8. The van der Waals surface area contributed by atoms with Gasteiger partial charge in [-0.05, 0) is 25.5 Å². The Bertz CT molecular complexity index is 937. The zero-order valence-electron chi connectivity index (χ0n) is 15.9. The van der Waals surface area contributed by atoms with E-state index in [4.69, 9.17) is 4.74 Å². The molecule has 2 heterocycles. The fraction of sp³-hybridized carbons (Fsp3) is 0.444. The largest absolute Gasteiger partial charge is 0.380 e. The van der Waals surface area contributed by atoms with Crippen molar-refractivity contribution >= 4 is 21.7 Å². The molecule has 0 saturated carbocycles. The number of nitrogens with zero attached hydrogens (tertiary/aromatic N) is 4. The predicted octanol–water partition coefficient (Wildman–Crippen LogP) is 1.41. The molecule has 1 atom stereocenters. The normalized spacial score (nSPS) is 17.3. The number of sulfonamides is 1. The standard InChI is InChI=1S/C18H24N4O4S/c1-13-5-7-15(8-6-13)27(24,25)21(3)17-16(11-19-20(17)2)18(23)22-10-9-14(12-22)26-4/h5-8,11,14H,9-10,12H2,1-4H3. The van der Waals surface area contributed by atoms with E-state index < -0.39 is 10.0 Å². The average molecular weight is 392 g/mol. The molecule has 0 radical (unpaired) electrons. The number of carbonyl (C=O) groups is 1. The maximum Gasteiger partial charge on any atom is 0.265 e. The minimum atomic E-state index is -3.82. The van der Waals surface area contributed by atoms with Gasteiger partial charge in [-0.3, -0.25) is 13.8 Å². The van der Waals surface area contributed by atoms with Gasteiger partial charge in [0.15, 0.2) is 5.82 Å². The van der Waals surface area contributed by atoms with Crippen molar-refractivity contribution in [2.45, 2.75) is 24.3 Å². The summed E-state index contributed by atoms with van der Waals surface area (Å²) in [5.41, 5.74) is 1.22. The van der Waals surface area contributed by atoms with Crippen LogP contribution < -0.4 is 4.31 Å². The number of likely N-dealkylation sites (tertiary alicyclic amines) is 1. The highest BCUT2D eigenvalue weighted by Gasteiger charge is 2.33. The smallest absolute Gasteiger partial charge is 0.265 e. The van der Waals surface area contributed by atoms with Crippen molar-refractivity contribution in [1.29, 1.82) is 0 Å². The fourth-order valence-corrected chi connectivity index (χ4v) is 4.45. The molecule has 1 aromatic heterocycles.